The minimum atomic E-state index is -0.386. The van der Waals surface area contributed by atoms with Crippen LogP contribution in [0.4, 0.5) is 15.8 Å². The SMILES string of the molecule is COc1cc(N2CCC(O)C2)c(F)cc1N. The molecule has 0 radical (unpaired) electrons. The Morgan fingerprint density at radius 2 is 2.31 bits per heavy atom. The molecule has 0 bridgehead atoms. The number of hydrogen-bond acceptors (Lipinski definition) is 4. The molecule has 1 atom stereocenters. The number of ether oxygens (including phenoxy) is 1. The highest BCUT2D eigenvalue weighted by Crippen LogP contribution is 2.32. The smallest absolute Gasteiger partial charge is 0.148 e. The number of nitrogens with zero attached hydrogens (tertiary/aromatic N) is 1. The van der Waals surface area contributed by atoms with Gasteiger partial charge in [0.05, 0.1) is 24.6 Å². The van der Waals surface area contributed by atoms with E-state index < -0.39 is 0 Å². The molecule has 1 aliphatic rings. The summed E-state index contributed by atoms with van der Waals surface area (Å²) in [5, 5.41) is 9.41. The van der Waals surface area contributed by atoms with Crippen LogP contribution >= 0.6 is 0 Å². The van der Waals surface area contributed by atoms with Gasteiger partial charge in [0.25, 0.3) is 0 Å². The fraction of sp³-hybridized carbons (Fsp3) is 0.455. The van der Waals surface area contributed by atoms with Crippen LogP contribution in [-0.4, -0.2) is 31.4 Å². The first-order valence-corrected chi connectivity index (χ1v) is 5.18. The first-order valence-electron chi connectivity index (χ1n) is 5.18. The lowest BCUT2D eigenvalue weighted by Gasteiger charge is -2.20. The number of benzene rings is 1. The number of nitrogens with two attached hydrogens (primary N) is 1. The normalized spacial score (nSPS) is 20.2. The number of methoxy groups -OCH3 is 1. The molecular formula is C11H15FN2O2. The maximum absolute atomic E-state index is 13.7. The van der Waals surface area contributed by atoms with E-state index in [-0.39, 0.29) is 17.6 Å². The van der Waals surface area contributed by atoms with Crippen molar-refractivity contribution in [1.29, 1.82) is 0 Å². The van der Waals surface area contributed by atoms with Crippen molar-refractivity contribution in [2.45, 2.75) is 12.5 Å². The van der Waals surface area contributed by atoms with Crippen LogP contribution in [0.3, 0.4) is 0 Å². The monoisotopic (exact) mass is 226 g/mol. The minimum absolute atomic E-state index is 0.281. The first-order chi connectivity index (χ1) is 7.61. The highest BCUT2D eigenvalue weighted by Gasteiger charge is 2.23. The maximum atomic E-state index is 13.7. The molecule has 0 aromatic heterocycles. The average molecular weight is 226 g/mol. The molecule has 1 fully saturated rings. The van der Waals surface area contributed by atoms with Gasteiger partial charge >= 0.3 is 0 Å². The molecule has 4 nitrogen and oxygen atoms in total. The van der Waals surface area contributed by atoms with Crippen LogP contribution < -0.4 is 15.4 Å². The van der Waals surface area contributed by atoms with E-state index in [1.54, 1.807) is 11.0 Å². The zero-order valence-electron chi connectivity index (χ0n) is 9.11. The number of nitrogen functional groups attached to an aromatic ring is 1. The van der Waals surface area contributed by atoms with Gasteiger partial charge in [-0.25, -0.2) is 4.39 Å². The summed E-state index contributed by atoms with van der Waals surface area (Å²) in [5.74, 6) is 0.0742. The first kappa shape index (κ1) is 11.0. The second-order valence-electron chi connectivity index (χ2n) is 3.93. The lowest BCUT2D eigenvalue weighted by atomic mass is 10.2. The number of halogens is 1. The number of anilines is 2. The summed E-state index contributed by atoms with van der Waals surface area (Å²) in [6.45, 7) is 1.09. The maximum Gasteiger partial charge on any atom is 0.148 e. The van der Waals surface area contributed by atoms with Gasteiger partial charge in [0.2, 0.25) is 0 Å². The van der Waals surface area contributed by atoms with Crippen LogP contribution in [0.25, 0.3) is 0 Å². The lowest BCUT2D eigenvalue weighted by Crippen LogP contribution is -2.22. The van der Waals surface area contributed by atoms with Crippen molar-refractivity contribution in [3.8, 4) is 5.75 Å². The molecule has 0 spiro atoms. The topological polar surface area (TPSA) is 58.7 Å². The van der Waals surface area contributed by atoms with Crippen molar-refractivity contribution in [1.82, 2.24) is 0 Å². The largest absolute Gasteiger partial charge is 0.495 e. The molecule has 1 saturated heterocycles. The Bertz CT molecular complexity index is 398. The van der Waals surface area contributed by atoms with Gasteiger partial charge in [-0.05, 0) is 6.42 Å². The Kier molecular flexibility index (Phi) is 2.87. The summed E-state index contributed by atoms with van der Waals surface area (Å²) >= 11 is 0. The Balaban J connectivity index is 2.33. The summed E-state index contributed by atoms with van der Waals surface area (Å²) in [6, 6.07) is 2.82. The van der Waals surface area contributed by atoms with Crippen LogP contribution in [0.2, 0.25) is 0 Å². The van der Waals surface area contributed by atoms with Crippen LogP contribution in [0, 0.1) is 5.82 Å². The predicted molar refractivity (Wildman–Crippen MR) is 60.2 cm³/mol. The van der Waals surface area contributed by atoms with Crippen LogP contribution in [0.1, 0.15) is 6.42 Å². The standard InChI is InChI=1S/C11H15FN2O2/c1-16-11-5-10(8(12)4-9(11)13)14-3-2-7(15)6-14/h4-5,7,15H,2-3,6,13H2,1H3. The van der Waals surface area contributed by atoms with Crippen molar-refractivity contribution in [2.24, 2.45) is 0 Å². The molecule has 88 valence electrons. The summed E-state index contributed by atoms with van der Waals surface area (Å²) in [6.07, 6.45) is 0.273. The van der Waals surface area contributed by atoms with Gasteiger partial charge in [0, 0.05) is 25.2 Å². The van der Waals surface area contributed by atoms with Gasteiger partial charge < -0.3 is 20.5 Å². The highest BCUT2D eigenvalue weighted by molar-refractivity contribution is 5.63. The number of hydrogen-bond donors (Lipinski definition) is 2. The molecule has 5 heteroatoms. The third kappa shape index (κ3) is 1.90. The fourth-order valence-corrected chi connectivity index (χ4v) is 1.94. The van der Waals surface area contributed by atoms with E-state index in [1.807, 2.05) is 0 Å². The molecule has 2 rings (SSSR count). The Hall–Kier alpha value is -1.49. The van der Waals surface area contributed by atoms with Crippen molar-refractivity contribution < 1.29 is 14.2 Å². The highest BCUT2D eigenvalue weighted by atomic mass is 19.1. The second-order valence-corrected chi connectivity index (χ2v) is 3.93. The van der Waals surface area contributed by atoms with E-state index >= 15 is 0 Å². The third-order valence-electron chi connectivity index (χ3n) is 2.80. The van der Waals surface area contributed by atoms with Gasteiger partial charge in [-0.15, -0.1) is 0 Å². The van der Waals surface area contributed by atoms with Gasteiger partial charge in [0.15, 0.2) is 0 Å². The quantitative estimate of drug-likeness (QED) is 0.738. The molecule has 0 amide bonds. The molecule has 1 aliphatic heterocycles. The lowest BCUT2D eigenvalue weighted by molar-refractivity contribution is 0.198. The van der Waals surface area contributed by atoms with Gasteiger partial charge in [-0.2, -0.15) is 0 Å². The van der Waals surface area contributed by atoms with Crippen LogP contribution in [0.5, 0.6) is 5.75 Å². The van der Waals surface area contributed by atoms with E-state index in [9.17, 15) is 9.50 Å². The van der Waals surface area contributed by atoms with Crippen LogP contribution in [0.15, 0.2) is 12.1 Å². The molecule has 1 aromatic carbocycles. The molecule has 3 N–H and O–H groups in total. The van der Waals surface area contributed by atoms with Gasteiger partial charge in [0.1, 0.15) is 11.6 Å². The molecule has 0 aliphatic carbocycles. The average Bonchev–Trinajstić information content (AvgIpc) is 2.65. The minimum Gasteiger partial charge on any atom is -0.495 e. The third-order valence-corrected chi connectivity index (χ3v) is 2.80. The van der Waals surface area contributed by atoms with E-state index in [2.05, 4.69) is 0 Å². The van der Waals surface area contributed by atoms with E-state index in [0.29, 0.717) is 30.9 Å². The molecule has 1 aromatic rings. The van der Waals surface area contributed by atoms with Crippen LogP contribution in [-0.2, 0) is 0 Å². The van der Waals surface area contributed by atoms with Gasteiger partial charge in [-0.1, -0.05) is 0 Å². The molecule has 1 heterocycles. The molecule has 0 saturated carbocycles. The van der Waals surface area contributed by atoms with Crippen molar-refractivity contribution in [2.75, 3.05) is 30.8 Å². The number of aliphatic hydroxyl groups excluding tert-OH is 1. The van der Waals surface area contributed by atoms with Crippen molar-refractivity contribution >= 4 is 11.4 Å². The molecular weight excluding hydrogens is 211 g/mol. The second kappa shape index (κ2) is 4.17. The molecule has 1 unspecified atom stereocenters. The fourth-order valence-electron chi connectivity index (χ4n) is 1.94. The Labute approximate surface area is 93.4 Å². The van der Waals surface area contributed by atoms with E-state index in [0.717, 1.165) is 0 Å². The van der Waals surface area contributed by atoms with E-state index in [4.69, 9.17) is 10.5 Å². The number of aliphatic hydroxyl groups is 1. The summed E-state index contributed by atoms with van der Waals surface area (Å²) < 4.78 is 18.7. The van der Waals surface area contributed by atoms with Gasteiger partial charge in [-0.3, -0.25) is 0 Å². The summed E-state index contributed by atoms with van der Waals surface area (Å²) in [4.78, 5) is 1.79. The summed E-state index contributed by atoms with van der Waals surface area (Å²) in [7, 11) is 1.49. The zero-order valence-corrected chi connectivity index (χ0v) is 9.11. The van der Waals surface area contributed by atoms with Crippen molar-refractivity contribution in [3.63, 3.8) is 0 Å². The summed E-state index contributed by atoms with van der Waals surface area (Å²) in [5.41, 5.74) is 6.31. The Morgan fingerprint density at radius 1 is 1.56 bits per heavy atom. The Morgan fingerprint density at radius 3 is 2.88 bits per heavy atom. The predicted octanol–water partition coefficient (Wildman–Crippen LogP) is 0.988. The number of rotatable bonds is 2. The van der Waals surface area contributed by atoms with Crippen molar-refractivity contribution in [3.05, 3.63) is 17.9 Å². The van der Waals surface area contributed by atoms with E-state index in [1.165, 1.54) is 13.2 Å². The molecule has 16 heavy (non-hydrogen) atoms. The number of β-amino-alcohol motifs (C(OH)–C–C–N with tert-alkyl or cyclic N) is 1. The zero-order chi connectivity index (χ0) is 11.7.